The lowest BCUT2D eigenvalue weighted by molar-refractivity contribution is 0.226. The Morgan fingerprint density at radius 3 is 2.61 bits per heavy atom. The molecule has 0 radical (unpaired) electrons. The van der Waals surface area contributed by atoms with Gasteiger partial charge in [0.15, 0.2) is 0 Å². The predicted octanol–water partition coefficient (Wildman–Crippen LogP) is 0.968. The molecule has 1 heterocycles. The number of carbonyl (C=O) groups is 1. The zero-order chi connectivity index (χ0) is 16.3. The minimum Gasteiger partial charge on any atom is -0.494 e. The van der Waals surface area contributed by atoms with Gasteiger partial charge in [-0.05, 0) is 25.5 Å². The van der Waals surface area contributed by atoms with Gasteiger partial charge in [-0.15, -0.1) is 0 Å². The third kappa shape index (κ3) is 7.34. The molecule has 128 valence electrons. The number of hydrogen-bond acceptors (Lipinski definition) is 4. The Kier molecular flexibility index (Phi) is 7.69. The van der Waals surface area contributed by atoms with Gasteiger partial charge in [-0.25, -0.2) is 4.79 Å². The lowest BCUT2D eigenvalue weighted by Gasteiger charge is -2.27. The van der Waals surface area contributed by atoms with Gasteiger partial charge in [0.1, 0.15) is 5.75 Å². The Bertz CT molecular complexity index is 458. The fourth-order valence-corrected chi connectivity index (χ4v) is 2.42. The van der Waals surface area contributed by atoms with E-state index in [0.717, 1.165) is 44.9 Å². The van der Waals surface area contributed by atoms with E-state index in [-0.39, 0.29) is 6.03 Å². The molecule has 2 amide bonds. The minimum atomic E-state index is -0.101. The summed E-state index contributed by atoms with van der Waals surface area (Å²) in [5.41, 5.74) is 1.22. The summed E-state index contributed by atoms with van der Waals surface area (Å²) in [6, 6.07) is 7.88. The first-order valence-corrected chi connectivity index (χ1v) is 8.38. The maximum atomic E-state index is 11.7. The van der Waals surface area contributed by atoms with E-state index in [2.05, 4.69) is 27.8 Å². The number of piperazine rings is 1. The Balaban J connectivity index is 1.45. The summed E-state index contributed by atoms with van der Waals surface area (Å²) in [5.74, 6) is 0.871. The second-order valence-corrected chi connectivity index (χ2v) is 5.79. The van der Waals surface area contributed by atoms with Crippen LogP contribution in [0.5, 0.6) is 5.75 Å². The second kappa shape index (κ2) is 10.1. The Hall–Kier alpha value is -1.79. The first-order valence-electron chi connectivity index (χ1n) is 8.38. The van der Waals surface area contributed by atoms with Crippen LogP contribution in [-0.4, -0.2) is 63.4 Å². The Morgan fingerprint density at radius 1 is 1.17 bits per heavy atom. The fraction of sp³-hybridized carbons (Fsp3) is 0.588. The first-order chi connectivity index (χ1) is 11.2. The van der Waals surface area contributed by atoms with Crippen molar-refractivity contribution < 1.29 is 9.53 Å². The largest absolute Gasteiger partial charge is 0.494 e. The number of nitrogens with one attached hydrogen (secondary N) is 3. The molecule has 1 aromatic carbocycles. The van der Waals surface area contributed by atoms with E-state index in [9.17, 15) is 4.79 Å². The van der Waals surface area contributed by atoms with E-state index in [0.29, 0.717) is 19.7 Å². The maximum Gasteiger partial charge on any atom is 0.314 e. The summed E-state index contributed by atoms with van der Waals surface area (Å²) in [6.07, 6.45) is 0.791. The highest BCUT2D eigenvalue weighted by Gasteiger charge is 2.08. The van der Waals surface area contributed by atoms with Crippen LogP contribution in [0.15, 0.2) is 24.3 Å². The Morgan fingerprint density at radius 2 is 1.87 bits per heavy atom. The molecule has 1 saturated heterocycles. The zero-order valence-electron chi connectivity index (χ0n) is 13.9. The molecule has 6 heteroatoms. The summed E-state index contributed by atoms with van der Waals surface area (Å²) in [5, 5.41) is 9.06. The lowest BCUT2D eigenvalue weighted by atomic mass is 10.2. The van der Waals surface area contributed by atoms with E-state index >= 15 is 0 Å². The molecule has 0 aromatic heterocycles. The van der Waals surface area contributed by atoms with Crippen LogP contribution in [0.25, 0.3) is 0 Å². The van der Waals surface area contributed by atoms with Crippen molar-refractivity contribution in [3.63, 3.8) is 0 Å². The molecular weight excluding hydrogens is 292 g/mol. The van der Waals surface area contributed by atoms with Gasteiger partial charge in [0, 0.05) is 45.8 Å². The summed E-state index contributed by atoms with van der Waals surface area (Å²) < 4.78 is 5.62. The molecule has 1 aliphatic rings. The number of ether oxygens (including phenoxy) is 1. The van der Waals surface area contributed by atoms with Crippen molar-refractivity contribution in [2.45, 2.75) is 13.3 Å². The van der Waals surface area contributed by atoms with E-state index in [1.807, 2.05) is 24.3 Å². The van der Waals surface area contributed by atoms with Crippen LogP contribution in [0.3, 0.4) is 0 Å². The van der Waals surface area contributed by atoms with Crippen LogP contribution in [0.1, 0.15) is 12.0 Å². The van der Waals surface area contributed by atoms with Gasteiger partial charge >= 0.3 is 6.03 Å². The van der Waals surface area contributed by atoms with Gasteiger partial charge in [-0.3, -0.25) is 4.90 Å². The normalized spacial score (nSPS) is 15.2. The highest BCUT2D eigenvalue weighted by Crippen LogP contribution is 2.11. The molecule has 1 fully saturated rings. The van der Waals surface area contributed by atoms with Crippen molar-refractivity contribution in [2.75, 3.05) is 52.4 Å². The molecular formula is C17H28N4O2. The van der Waals surface area contributed by atoms with Crippen LogP contribution in [0.2, 0.25) is 0 Å². The quantitative estimate of drug-likeness (QED) is 0.625. The molecule has 1 aromatic rings. The zero-order valence-corrected chi connectivity index (χ0v) is 13.9. The molecule has 0 spiro atoms. The van der Waals surface area contributed by atoms with Gasteiger partial charge in [-0.2, -0.15) is 0 Å². The summed E-state index contributed by atoms with van der Waals surface area (Å²) >= 11 is 0. The van der Waals surface area contributed by atoms with Gasteiger partial charge in [0.05, 0.1) is 6.61 Å². The maximum absolute atomic E-state index is 11.7. The second-order valence-electron chi connectivity index (χ2n) is 5.79. The molecule has 3 N–H and O–H groups in total. The topological polar surface area (TPSA) is 65.6 Å². The number of nitrogens with zero attached hydrogens (tertiary/aromatic N) is 1. The first kappa shape index (κ1) is 17.6. The van der Waals surface area contributed by atoms with Gasteiger partial charge in [-0.1, -0.05) is 17.7 Å². The number of amides is 2. The number of urea groups is 1. The minimum absolute atomic E-state index is 0.101. The van der Waals surface area contributed by atoms with Crippen molar-refractivity contribution in [1.82, 2.24) is 20.9 Å². The van der Waals surface area contributed by atoms with Crippen LogP contribution in [0.4, 0.5) is 4.79 Å². The van der Waals surface area contributed by atoms with Crippen molar-refractivity contribution in [1.29, 1.82) is 0 Å². The molecule has 0 saturated carbocycles. The van der Waals surface area contributed by atoms with Crippen LogP contribution in [0, 0.1) is 6.92 Å². The summed E-state index contributed by atoms with van der Waals surface area (Å²) in [6.45, 7) is 9.04. The van der Waals surface area contributed by atoms with E-state index < -0.39 is 0 Å². The van der Waals surface area contributed by atoms with Crippen LogP contribution < -0.4 is 20.7 Å². The molecule has 1 aliphatic heterocycles. The van der Waals surface area contributed by atoms with E-state index in [4.69, 9.17) is 4.74 Å². The SMILES string of the molecule is Cc1ccc(OCCCNC(=O)NCCN2CCNCC2)cc1. The van der Waals surface area contributed by atoms with Gasteiger partial charge in [0.25, 0.3) is 0 Å². The molecule has 2 rings (SSSR count). The smallest absolute Gasteiger partial charge is 0.314 e. The molecule has 0 bridgehead atoms. The van der Waals surface area contributed by atoms with Crippen LogP contribution in [-0.2, 0) is 0 Å². The van der Waals surface area contributed by atoms with Crippen molar-refractivity contribution >= 4 is 6.03 Å². The van der Waals surface area contributed by atoms with Crippen molar-refractivity contribution in [3.05, 3.63) is 29.8 Å². The van der Waals surface area contributed by atoms with Crippen molar-refractivity contribution in [3.8, 4) is 5.75 Å². The molecule has 0 aliphatic carbocycles. The average molecular weight is 320 g/mol. The Labute approximate surface area is 138 Å². The monoisotopic (exact) mass is 320 g/mol. The number of carbonyl (C=O) groups excluding carboxylic acids is 1. The number of rotatable bonds is 8. The lowest BCUT2D eigenvalue weighted by Crippen LogP contribution is -2.47. The fourth-order valence-electron chi connectivity index (χ4n) is 2.42. The summed E-state index contributed by atoms with van der Waals surface area (Å²) in [4.78, 5) is 14.0. The highest BCUT2D eigenvalue weighted by molar-refractivity contribution is 5.73. The van der Waals surface area contributed by atoms with Crippen LogP contribution >= 0.6 is 0 Å². The highest BCUT2D eigenvalue weighted by atomic mass is 16.5. The summed E-state index contributed by atoms with van der Waals surface area (Å²) in [7, 11) is 0. The number of aryl methyl sites for hydroxylation is 1. The molecule has 0 unspecified atom stereocenters. The van der Waals surface area contributed by atoms with Gasteiger partial charge < -0.3 is 20.7 Å². The van der Waals surface area contributed by atoms with Gasteiger partial charge in [0.2, 0.25) is 0 Å². The van der Waals surface area contributed by atoms with E-state index in [1.165, 1.54) is 5.56 Å². The number of benzene rings is 1. The average Bonchev–Trinajstić information content (AvgIpc) is 2.57. The molecule has 6 nitrogen and oxygen atoms in total. The number of hydrogen-bond donors (Lipinski definition) is 3. The van der Waals surface area contributed by atoms with E-state index in [1.54, 1.807) is 0 Å². The molecule has 0 atom stereocenters. The standard InChI is InChI=1S/C17H28N4O2/c1-15-3-5-16(6-4-15)23-14-2-7-19-17(22)20-10-13-21-11-8-18-9-12-21/h3-6,18H,2,7-14H2,1H3,(H2,19,20,22). The molecule has 23 heavy (non-hydrogen) atoms. The third-order valence-corrected chi connectivity index (χ3v) is 3.82. The third-order valence-electron chi connectivity index (χ3n) is 3.82. The predicted molar refractivity (Wildman–Crippen MR) is 92.0 cm³/mol. The van der Waals surface area contributed by atoms with Crippen molar-refractivity contribution in [2.24, 2.45) is 0 Å².